The molecule has 0 bridgehead atoms. The number of hydrogen-bond acceptors (Lipinski definition) is 0. The summed E-state index contributed by atoms with van der Waals surface area (Å²) in [6.07, 6.45) is -12.4. The summed E-state index contributed by atoms with van der Waals surface area (Å²) in [4.78, 5) is 0. The fourth-order valence-electron chi connectivity index (χ4n) is 2.25. The smallest absolute Gasteiger partial charge is 0.206 e. The lowest BCUT2D eigenvalue weighted by Gasteiger charge is -2.35. The van der Waals surface area contributed by atoms with E-state index in [1.54, 1.807) is 0 Å². The maximum absolute atomic E-state index is 13.6. The summed E-state index contributed by atoms with van der Waals surface area (Å²) < 4.78 is 169. The average Bonchev–Trinajstić information content (AvgIpc) is 2.50. The van der Waals surface area contributed by atoms with E-state index in [1.165, 1.54) is 30.6 Å². The molecule has 0 saturated carbocycles. The monoisotopic (exact) mass is 454 g/mol. The third-order valence-corrected chi connectivity index (χ3v) is 3.72. The molecule has 0 aliphatic heterocycles. The molecular formula is C15H13F13N+. The summed E-state index contributed by atoms with van der Waals surface area (Å²) in [6.45, 7) is -0.595. The number of aryl methyl sites for hydroxylation is 1. The van der Waals surface area contributed by atoms with E-state index in [0.29, 0.717) is 0 Å². The van der Waals surface area contributed by atoms with Crippen molar-refractivity contribution in [3.63, 3.8) is 0 Å². The van der Waals surface area contributed by atoms with Crippen LogP contribution in [0.2, 0.25) is 0 Å². The van der Waals surface area contributed by atoms with Crippen LogP contribution in [-0.4, -0.2) is 35.8 Å². The second kappa shape index (κ2) is 7.82. The molecule has 0 atom stereocenters. The molecule has 0 radical (unpaired) electrons. The predicted molar refractivity (Wildman–Crippen MR) is 71.3 cm³/mol. The Morgan fingerprint density at radius 3 is 1.48 bits per heavy atom. The fraction of sp³-hybridized carbons (Fsp3) is 0.667. The van der Waals surface area contributed by atoms with Crippen LogP contribution in [0.3, 0.4) is 0 Å². The Bertz CT molecular complexity index is 667. The van der Waals surface area contributed by atoms with E-state index >= 15 is 0 Å². The largest absolute Gasteiger partial charge is 0.460 e. The Kier molecular flexibility index (Phi) is 6.81. The van der Waals surface area contributed by atoms with Gasteiger partial charge < -0.3 is 0 Å². The van der Waals surface area contributed by atoms with Gasteiger partial charge in [-0.05, 0) is 0 Å². The van der Waals surface area contributed by atoms with Gasteiger partial charge in [-0.25, -0.2) is 22.1 Å². The molecule has 1 aromatic heterocycles. The first-order valence-corrected chi connectivity index (χ1v) is 7.64. The molecule has 0 aliphatic carbocycles. The predicted octanol–water partition coefficient (Wildman–Crippen LogP) is 5.88. The van der Waals surface area contributed by atoms with Gasteiger partial charge in [0.2, 0.25) is 0 Å². The molecule has 1 nitrogen and oxygen atoms in total. The Balaban J connectivity index is 2.93. The molecule has 0 spiro atoms. The molecule has 0 amide bonds. The molecule has 168 valence electrons. The summed E-state index contributed by atoms with van der Waals surface area (Å²) >= 11 is 0. The van der Waals surface area contributed by atoms with Gasteiger partial charge in [-0.3, -0.25) is 0 Å². The third-order valence-electron chi connectivity index (χ3n) is 3.72. The van der Waals surface area contributed by atoms with Crippen molar-refractivity contribution in [2.24, 2.45) is 0 Å². The van der Waals surface area contributed by atoms with E-state index in [2.05, 4.69) is 0 Å². The summed E-state index contributed by atoms with van der Waals surface area (Å²) in [5, 5.41) is 0. The van der Waals surface area contributed by atoms with E-state index < -0.39 is 61.6 Å². The molecule has 0 saturated heterocycles. The minimum atomic E-state index is -7.37. The molecule has 1 rings (SSSR count). The van der Waals surface area contributed by atoms with Crippen molar-refractivity contribution >= 4 is 0 Å². The van der Waals surface area contributed by atoms with Crippen molar-refractivity contribution in [1.29, 1.82) is 0 Å². The fourth-order valence-corrected chi connectivity index (χ4v) is 2.25. The molecule has 0 aromatic carbocycles. The zero-order chi connectivity index (χ0) is 22.9. The quantitative estimate of drug-likeness (QED) is 0.324. The summed E-state index contributed by atoms with van der Waals surface area (Å²) in [5.41, 5.74) is 0. The van der Waals surface area contributed by atoms with Crippen molar-refractivity contribution in [3.05, 3.63) is 30.6 Å². The molecule has 0 fully saturated rings. The minimum absolute atomic E-state index is 0.595. The van der Waals surface area contributed by atoms with Gasteiger partial charge in [0.05, 0.1) is 19.3 Å². The molecule has 0 aliphatic rings. The number of rotatable bonds is 9. The van der Waals surface area contributed by atoms with E-state index in [9.17, 15) is 57.1 Å². The number of aromatic nitrogens is 1. The number of alkyl halides is 13. The lowest BCUT2D eigenvalue weighted by atomic mass is 9.94. The van der Waals surface area contributed by atoms with E-state index in [1.807, 2.05) is 0 Å². The molecule has 0 unspecified atom stereocenters. The number of pyridine rings is 1. The lowest BCUT2D eigenvalue weighted by Crippen LogP contribution is -2.62. The Morgan fingerprint density at radius 1 is 0.552 bits per heavy atom. The zero-order valence-corrected chi connectivity index (χ0v) is 14.1. The van der Waals surface area contributed by atoms with Crippen molar-refractivity contribution in [3.8, 4) is 0 Å². The van der Waals surface area contributed by atoms with Gasteiger partial charge >= 0.3 is 23.9 Å². The third kappa shape index (κ3) is 5.87. The van der Waals surface area contributed by atoms with Crippen LogP contribution in [0.5, 0.6) is 0 Å². The van der Waals surface area contributed by atoms with Crippen molar-refractivity contribution in [1.82, 2.24) is 0 Å². The van der Waals surface area contributed by atoms with Crippen LogP contribution in [-0.2, 0) is 6.54 Å². The maximum Gasteiger partial charge on any atom is 0.460 e. The summed E-state index contributed by atoms with van der Waals surface area (Å²) in [5.74, 6) is -31.1. The Hall–Kier alpha value is -1.76. The normalized spacial score (nSPS) is 14.9. The van der Waals surface area contributed by atoms with Crippen molar-refractivity contribution in [2.75, 3.05) is 0 Å². The standard InChI is InChI=1S/C15H13F13N/c16-10(17,4-7-29-5-2-1-3-6-29)8-11(18,19)9-12(20,21)13(22,23)14(24,25)15(26,27)28/h1-3,5-6H,4,7-9H2/q+1. The SMILES string of the molecule is FC(F)(CC[n+]1ccccc1)CC(F)(F)CC(F)(F)C(F)(F)C(F)(F)C(F)(F)F. The Morgan fingerprint density at radius 2 is 1.03 bits per heavy atom. The molecule has 29 heavy (non-hydrogen) atoms. The molecule has 14 heteroatoms. The van der Waals surface area contributed by atoms with Crippen molar-refractivity contribution in [2.45, 2.75) is 61.6 Å². The minimum Gasteiger partial charge on any atom is -0.206 e. The first-order chi connectivity index (χ1) is 12.7. The molecule has 1 aromatic rings. The van der Waals surface area contributed by atoms with Gasteiger partial charge in [0.1, 0.15) is 0 Å². The Labute approximate surface area is 155 Å². The first-order valence-electron chi connectivity index (χ1n) is 7.64. The van der Waals surface area contributed by atoms with Crippen LogP contribution in [0, 0.1) is 0 Å². The molecule has 1 heterocycles. The van der Waals surface area contributed by atoms with Crippen LogP contribution < -0.4 is 4.57 Å². The first kappa shape index (κ1) is 25.3. The van der Waals surface area contributed by atoms with Gasteiger partial charge in [0.25, 0.3) is 11.8 Å². The van der Waals surface area contributed by atoms with E-state index in [4.69, 9.17) is 0 Å². The molecular weight excluding hydrogens is 441 g/mol. The molecule has 0 N–H and O–H groups in total. The highest BCUT2D eigenvalue weighted by molar-refractivity contribution is 5.02. The van der Waals surface area contributed by atoms with Crippen LogP contribution >= 0.6 is 0 Å². The summed E-state index contributed by atoms with van der Waals surface area (Å²) in [7, 11) is 0. The van der Waals surface area contributed by atoms with Crippen LogP contribution in [0.4, 0.5) is 57.1 Å². The highest BCUT2D eigenvalue weighted by Gasteiger charge is 2.82. The number of nitrogens with zero attached hydrogens (tertiary/aromatic N) is 1. The van der Waals surface area contributed by atoms with E-state index in [-0.39, 0.29) is 0 Å². The van der Waals surface area contributed by atoms with Gasteiger partial charge in [-0.15, -0.1) is 0 Å². The average molecular weight is 454 g/mol. The zero-order valence-electron chi connectivity index (χ0n) is 14.1. The van der Waals surface area contributed by atoms with Crippen molar-refractivity contribution < 1.29 is 61.6 Å². The van der Waals surface area contributed by atoms with Crippen LogP contribution in [0.25, 0.3) is 0 Å². The lowest BCUT2D eigenvalue weighted by molar-refractivity contribution is -0.699. The highest BCUT2D eigenvalue weighted by Crippen LogP contribution is 2.56. The highest BCUT2D eigenvalue weighted by atomic mass is 19.4. The number of hydrogen-bond donors (Lipinski definition) is 0. The van der Waals surface area contributed by atoms with Crippen LogP contribution in [0.15, 0.2) is 30.6 Å². The van der Waals surface area contributed by atoms with Gasteiger partial charge in [-0.2, -0.15) is 39.5 Å². The van der Waals surface area contributed by atoms with Gasteiger partial charge in [-0.1, -0.05) is 6.07 Å². The van der Waals surface area contributed by atoms with Gasteiger partial charge in [0.15, 0.2) is 18.9 Å². The summed E-state index contributed by atoms with van der Waals surface area (Å²) in [6, 6.07) is 4.26. The van der Waals surface area contributed by atoms with Gasteiger partial charge in [0, 0.05) is 12.1 Å². The van der Waals surface area contributed by atoms with E-state index in [0.717, 1.165) is 4.57 Å². The van der Waals surface area contributed by atoms with Crippen LogP contribution in [0.1, 0.15) is 19.3 Å². The maximum atomic E-state index is 13.6. The second-order valence-corrected chi connectivity index (χ2v) is 6.28. The second-order valence-electron chi connectivity index (χ2n) is 6.28. The number of halogens is 13. The topological polar surface area (TPSA) is 3.88 Å².